The van der Waals surface area contributed by atoms with E-state index in [1.807, 2.05) is 4.90 Å². The number of rotatable bonds is 20. The number of hydrogen-bond acceptors (Lipinski definition) is 13. The van der Waals surface area contributed by atoms with Crippen LogP contribution >= 0.6 is 19.2 Å². The molecule has 6 heterocycles. The van der Waals surface area contributed by atoms with Gasteiger partial charge in [0, 0.05) is 37.8 Å². The summed E-state index contributed by atoms with van der Waals surface area (Å²) >= 11 is 6.42. The smallest absolute Gasteiger partial charge is 0.350 e. The largest absolute Gasteiger partial charge is 0.377 e. The van der Waals surface area contributed by atoms with Gasteiger partial charge in [0.05, 0.1) is 77.1 Å². The lowest BCUT2D eigenvalue weighted by Gasteiger charge is -2.55. The van der Waals surface area contributed by atoms with Gasteiger partial charge in [-0.1, -0.05) is 5.92 Å². The van der Waals surface area contributed by atoms with Crippen LogP contribution in [0.3, 0.4) is 0 Å². The Morgan fingerprint density at radius 1 is 1.04 bits per heavy atom. The Morgan fingerprint density at radius 2 is 1.77 bits per heavy atom. The molecule has 0 aromatic carbocycles. The molecular weight excluding hydrogens is 735 g/mol. The number of carbonyl (C=O) groups excluding carboxylic acids is 1. The van der Waals surface area contributed by atoms with Crippen molar-refractivity contribution in [2.45, 2.75) is 44.6 Å². The van der Waals surface area contributed by atoms with Gasteiger partial charge in [0.1, 0.15) is 24.5 Å². The Balaban J connectivity index is 0.938. The number of anilines is 1. The number of halogens is 1. The highest BCUT2D eigenvalue weighted by molar-refractivity contribution is 7.51. The molecule has 0 saturated carbocycles. The third-order valence-corrected chi connectivity index (χ3v) is 9.94. The first-order valence-electron chi connectivity index (χ1n) is 17.6. The topological polar surface area (TPSA) is 198 Å². The van der Waals surface area contributed by atoms with Crippen LogP contribution in [0, 0.1) is 17.8 Å². The van der Waals surface area contributed by atoms with E-state index < -0.39 is 20.2 Å². The van der Waals surface area contributed by atoms with E-state index in [-0.39, 0.29) is 35.9 Å². The van der Waals surface area contributed by atoms with Crippen molar-refractivity contribution in [3.63, 3.8) is 0 Å². The van der Waals surface area contributed by atoms with Crippen molar-refractivity contribution in [1.82, 2.24) is 34.4 Å². The molecule has 2 unspecified atom stereocenters. The number of likely N-dealkylation sites (tertiary alicyclic amines) is 1. The van der Waals surface area contributed by atoms with Crippen LogP contribution in [0.4, 0.5) is 5.82 Å². The maximum atomic E-state index is 13.5. The quantitative estimate of drug-likeness (QED) is 0.0730. The SMILES string of the molecule is C#CCOCCOCCOCCOCCn1ccc(C(=O)N2CCCC3(C2)CN(c2nc(Cl)nc4c2cnn4C2CCC(COCP(=O)(O)O)O2)C3)n1. The zero-order valence-corrected chi connectivity index (χ0v) is 31.1. The molecule has 3 aromatic heterocycles. The second-order valence-electron chi connectivity index (χ2n) is 13.3. The molecule has 3 saturated heterocycles. The van der Waals surface area contributed by atoms with Crippen LogP contribution in [-0.2, 0) is 39.5 Å². The Hall–Kier alpha value is -3.21. The van der Waals surface area contributed by atoms with E-state index in [9.17, 15) is 9.36 Å². The van der Waals surface area contributed by atoms with Crippen LogP contribution < -0.4 is 4.90 Å². The zero-order valence-electron chi connectivity index (χ0n) is 29.5. The minimum atomic E-state index is -4.25. The third kappa shape index (κ3) is 10.7. The zero-order chi connectivity index (χ0) is 37.3. The van der Waals surface area contributed by atoms with E-state index in [1.54, 1.807) is 27.8 Å². The molecule has 1 spiro atoms. The first-order valence-corrected chi connectivity index (χ1v) is 19.8. The summed E-state index contributed by atoms with van der Waals surface area (Å²) in [5, 5.41) is 9.90. The standard InChI is InChI=1S/C33H46ClN8O10P/c1-2-11-47-13-15-49-17-18-50-16-14-48-12-10-41-9-6-27(38-41)31(43)39-8-3-7-33(21-39)22-40(23-33)29-26-19-35-42(30(26)37-32(34)36-29)28-5-4-25(52-28)20-51-24-53(44,45)46/h1,6,9,19,25,28H,3-5,7-8,10-18,20-24H2,(H2,44,45,46). The summed E-state index contributed by atoms with van der Waals surface area (Å²) < 4.78 is 47.4. The Morgan fingerprint density at radius 3 is 2.51 bits per heavy atom. The maximum absolute atomic E-state index is 13.5. The molecule has 2 N–H and O–H groups in total. The Labute approximate surface area is 312 Å². The molecule has 6 rings (SSSR count). The van der Waals surface area contributed by atoms with Crippen LogP contribution in [-0.4, -0.2) is 148 Å². The van der Waals surface area contributed by atoms with E-state index in [2.05, 4.69) is 31.0 Å². The highest BCUT2D eigenvalue weighted by Gasteiger charge is 2.48. The molecular formula is C33H46ClN8O10P. The second kappa shape index (κ2) is 18.4. The first kappa shape index (κ1) is 39.5. The number of ether oxygens (including phenoxy) is 6. The van der Waals surface area contributed by atoms with Crippen molar-refractivity contribution in [1.29, 1.82) is 0 Å². The summed E-state index contributed by atoms with van der Waals surface area (Å²) in [6, 6.07) is 1.75. The number of carbonyl (C=O) groups is 1. The summed E-state index contributed by atoms with van der Waals surface area (Å²) in [6.07, 6.45) is 10.3. The van der Waals surface area contributed by atoms with Gasteiger partial charge in [-0.3, -0.25) is 14.0 Å². The molecule has 2 atom stereocenters. The van der Waals surface area contributed by atoms with E-state index in [1.165, 1.54) is 0 Å². The van der Waals surface area contributed by atoms with Crippen LogP contribution in [0.5, 0.6) is 0 Å². The fourth-order valence-electron chi connectivity index (χ4n) is 6.89. The molecule has 0 bridgehead atoms. The normalized spacial score (nSPS) is 20.0. The third-order valence-electron chi connectivity index (χ3n) is 9.25. The van der Waals surface area contributed by atoms with Crippen LogP contribution in [0.2, 0.25) is 5.28 Å². The monoisotopic (exact) mass is 780 g/mol. The summed E-state index contributed by atoms with van der Waals surface area (Å²) in [6.45, 7) is 6.75. The van der Waals surface area contributed by atoms with Crippen molar-refractivity contribution < 1.29 is 47.6 Å². The van der Waals surface area contributed by atoms with Gasteiger partial charge < -0.3 is 48.0 Å². The van der Waals surface area contributed by atoms with Crippen molar-refractivity contribution in [3.8, 4) is 12.3 Å². The number of aromatic nitrogens is 6. The molecule has 20 heteroatoms. The van der Waals surface area contributed by atoms with Gasteiger partial charge in [0.15, 0.2) is 11.9 Å². The van der Waals surface area contributed by atoms with Gasteiger partial charge in [0.2, 0.25) is 5.28 Å². The summed E-state index contributed by atoms with van der Waals surface area (Å²) in [4.78, 5) is 44.7. The first-order chi connectivity index (χ1) is 25.6. The molecule has 1 amide bonds. The van der Waals surface area contributed by atoms with Gasteiger partial charge in [-0.15, -0.1) is 6.42 Å². The summed E-state index contributed by atoms with van der Waals surface area (Å²) in [5.74, 6) is 2.99. The predicted molar refractivity (Wildman–Crippen MR) is 190 cm³/mol. The fourth-order valence-corrected chi connectivity index (χ4v) is 7.40. The lowest BCUT2D eigenvalue weighted by Crippen LogP contribution is -2.64. The Bertz CT molecular complexity index is 1760. The highest BCUT2D eigenvalue weighted by atomic mass is 35.5. The molecule has 3 aromatic rings. The molecule has 0 aliphatic carbocycles. The van der Waals surface area contributed by atoms with Crippen molar-refractivity contribution >= 4 is 42.0 Å². The summed E-state index contributed by atoms with van der Waals surface area (Å²) in [5.41, 5.74) is 0.870. The average Bonchev–Trinajstić information content (AvgIpc) is 3.88. The molecule has 18 nitrogen and oxygen atoms in total. The summed E-state index contributed by atoms with van der Waals surface area (Å²) in [7, 11) is -4.25. The molecule has 53 heavy (non-hydrogen) atoms. The second-order valence-corrected chi connectivity index (χ2v) is 15.3. The molecule has 290 valence electrons. The maximum Gasteiger partial charge on any atom is 0.350 e. The molecule has 3 fully saturated rings. The van der Waals surface area contributed by atoms with Crippen LogP contribution in [0.15, 0.2) is 18.5 Å². The predicted octanol–water partition coefficient (Wildman–Crippen LogP) is 1.95. The van der Waals surface area contributed by atoms with Gasteiger partial charge in [-0.05, 0) is 43.4 Å². The number of hydrogen-bond donors (Lipinski definition) is 2. The number of terminal acetylenes is 1. The van der Waals surface area contributed by atoms with E-state index in [0.29, 0.717) is 109 Å². The Kier molecular flexibility index (Phi) is 13.7. The number of amides is 1. The van der Waals surface area contributed by atoms with Crippen molar-refractivity contribution in [2.75, 3.05) is 96.9 Å². The van der Waals surface area contributed by atoms with Crippen molar-refractivity contribution in [2.24, 2.45) is 5.41 Å². The average molecular weight is 781 g/mol. The fraction of sp³-hybridized carbons (Fsp3) is 0.667. The number of nitrogens with zero attached hydrogens (tertiary/aromatic N) is 8. The lowest BCUT2D eigenvalue weighted by molar-refractivity contribution is -0.0391. The van der Waals surface area contributed by atoms with Gasteiger partial charge in [-0.25, -0.2) is 4.68 Å². The van der Waals surface area contributed by atoms with Gasteiger partial charge in [-0.2, -0.15) is 20.2 Å². The minimum Gasteiger partial charge on any atom is -0.377 e. The molecule has 3 aliphatic rings. The minimum absolute atomic E-state index is 0.0648. The van der Waals surface area contributed by atoms with Crippen LogP contribution in [0.25, 0.3) is 11.0 Å². The molecule has 3 aliphatic heterocycles. The lowest BCUT2D eigenvalue weighted by atomic mass is 9.73. The molecule has 0 radical (unpaired) electrons. The van der Waals surface area contributed by atoms with E-state index in [0.717, 1.165) is 18.2 Å². The van der Waals surface area contributed by atoms with Gasteiger partial charge in [0.25, 0.3) is 5.91 Å². The van der Waals surface area contributed by atoms with Crippen LogP contribution in [0.1, 0.15) is 42.4 Å². The van der Waals surface area contributed by atoms with Crippen molar-refractivity contribution in [3.05, 3.63) is 29.4 Å². The van der Waals surface area contributed by atoms with E-state index in [4.69, 9.17) is 56.2 Å². The van der Waals surface area contributed by atoms with Gasteiger partial charge >= 0.3 is 7.60 Å². The highest BCUT2D eigenvalue weighted by Crippen LogP contribution is 2.43. The number of piperidine rings is 1. The number of fused-ring (bicyclic) bond motifs is 1. The van der Waals surface area contributed by atoms with E-state index >= 15 is 0 Å².